The van der Waals surface area contributed by atoms with Gasteiger partial charge >= 0.3 is 0 Å². The highest BCUT2D eigenvalue weighted by atomic mass is 79.9. The van der Waals surface area contributed by atoms with E-state index in [1.165, 1.54) is 37.7 Å². The standard InChI is InChI=1S/C18H28BrNO/c1-3-13-7-5-10-16(11-13)21-18(17(20)4-2)14-8-6-9-15(19)12-14/h6,8-9,12-13,16-18H,3-5,7,10-11,20H2,1-2H3. The van der Waals surface area contributed by atoms with Crippen LogP contribution in [0, 0.1) is 5.92 Å². The van der Waals surface area contributed by atoms with Gasteiger partial charge in [0.2, 0.25) is 0 Å². The molecule has 4 atom stereocenters. The van der Waals surface area contributed by atoms with E-state index < -0.39 is 0 Å². The summed E-state index contributed by atoms with van der Waals surface area (Å²) < 4.78 is 7.56. The van der Waals surface area contributed by atoms with Crippen LogP contribution in [0.4, 0.5) is 0 Å². The van der Waals surface area contributed by atoms with Gasteiger partial charge in [-0.3, -0.25) is 0 Å². The monoisotopic (exact) mass is 353 g/mol. The van der Waals surface area contributed by atoms with Crippen LogP contribution in [0.1, 0.15) is 64.0 Å². The molecular weight excluding hydrogens is 326 g/mol. The van der Waals surface area contributed by atoms with Crippen LogP contribution in [0.15, 0.2) is 28.7 Å². The van der Waals surface area contributed by atoms with Crippen molar-refractivity contribution >= 4 is 15.9 Å². The third kappa shape index (κ3) is 4.80. The lowest BCUT2D eigenvalue weighted by Gasteiger charge is -2.34. The minimum absolute atomic E-state index is 0.00751. The Balaban J connectivity index is 2.09. The molecule has 1 saturated carbocycles. The molecule has 1 fully saturated rings. The van der Waals surface area contributed by atoms with Gasteiger partial charge in [-0.05, 0) is 42.9 Å². The lowest BCUT2D eigenvalue weighted by Crippen LogP contribution is -2.34. The molecule has 0 aliphatic heterocycles. The van der Waals surface area contributed by atoms with Crippen molar-refractivity contribution in [2.75, 3.05) is 0 Å². The summed E-state index contributed by atoms with van der Waals surface area (Å²) in [5.74, 6) is 0.824. The lowest BCUT2D eigenvalue weighted by atomic mass is 9.85. The normalized spacial score (nSPS) is 25.5. The predicted octanol–water partition coefficient (Wildman–Crippen LogP) is 5.21. The average molecular weight is 354 g/mol. The fourth-order valence-corrected chi connectivity index (χ4v) is 3.68. The van der Waals surface area contributed by atoms with E-state index in [1.54, 1.807) is 0 Å². The molecule has 118 valence electrons. The first-order valence-electron chi connectivity index (χ1n) is 8.30. The third-order valence-corrected chi connectivity index (χ3v) is 5.18. The molecule has 21 heavy (non-hydrogen) atoms. The zero-order chi connectivity index (χ0) is 15.2. The molecule has 1 aromatic carbocycles. The van der Waals surface area contributed by atoms with Crippen LogP contribution in [0.5, 0.6) is 0 Å². The van der Waals surface area contributed by atoms with Gasteiger partial charge < -0.3 is 10.5 Å². The van der Waals surface area contributed by atoms with Crippen LogP contribution < -0.4 is 5.73 Å². The average Bonchev–Trinajstić information content (AvgIpc) is 2.52. The van der Waals surface area contributed by atoms with E-state index >= 15 is 0 Å². The largest absolute Gasteiger partial charge is 0.369 e. The quantitative estimate of drug-likeness (QED) is 0.761. The van der Waals surface area contributed by atoms with Crippen LogP contribution in [0.2, 0.25) is 0 Å². The van der Waals surface area contributed by atoms with Gasteiger partial charge in [-0.2, -0.15) is 0 Å². The van der Waals surface area contributed by atoms with Gasteiger partial charge in [-0.25, -0.2) is 0 Å². The fourth-order valence-electron chi connectivity index (χ4n) is 3.27. The Bertz CT molecular complexity index is 437. The second-order valence-electron chi connectivity index (χ2n) is 6.25. The molecule has 0 heterocycles. The van der Waals surface area contributed by atoms with Gasteiger partial charge in [0.25, 0.3) is 0 Å². The third-order valence-electron chi connectivity index (χ3n) is 4.69. The van der Waals surface area contributed by atoms with E-state index in [0.717, 1.165) is 16.8 Å². The molecule has 1 aliphatic rings. The maximum Gasteiger partial charge on any atom is 0.0979 e. The highest BCUT2D eigenvalue weighted by Gasteiger charge is 2.27. The minimum Gasteiger partial charge on any atom is -0.369 e. The molecule has 3 heteroatoms. The molecule has 0 amide bonds. The maximum absolute atomic E-state index is 6.47. The van der Waals surface area contributed by atoms with Crippen molar-refractivity contribution in [3.8, 4) is 0 Å². The first kappa shape index (κ1) is 17.0. The summed E-state index contributed by atoms with van der Waals surface area (Å²) in [6, 6.07) is 8.44. The Hall–Kier alpha value is -0.380. The highest BCUT2D eigenvalue weighted by Crippen LogP contribution is 2.33. The summed E-state index contributed by atoms with van der Waals surface area (Å²) in [4.78, 5) is 0. The lowest BCUT2D eigenvalue weighted by molar-refractivity contribution is -0.0536. The molecular formula is C18H28BrNO. The van der Waals surface area contributed by atoms with Crippen molar-refractivity contribution in [2.24, 2.45) is 11.7 Å². The zero-order valence-corrected chi connectivity index (χ0v) is 14.8. The van der Waals surface area contributed by atoms with Crippen molar-refractivity contribution in [3.63, 3.8) is 0 Å². The Labute approximate surface area is 137 Å². The van der Waals surface area contributed by atoms with Gasteiger partial charge in [-0.15, -0.1) is 0 Å². The minimum atomic E-state index is 0.00751. The Kier molecular flexibility index (Phi) is 6.72. The van der Waals surface area contributed by atoms with Crippen LogP contribution in [-0.2, 0) is 4.74 Å². The molecule has 0 radical (unpaired) electrons. The van der Waals surface area contributed by atoms with E-state index in [9.17, 15) is 0 Å². The molecule has 1 aliphatic carbocycles. The van der Waals surface area contributed by atoms with E-state index in [1.807, 2.05) is 6.07 Å². The maximum atomic E-state index is 6.47. The van der Waals surface area contributed by atoms with Gasteiger partial charge in [0.15, 0.2) is 0 Å². The van der Waals surface area contributed by atoms with Crippen LogP contribution in [0.25, 0.3) is 0 Å². The van der Waals surface area contributed by atoms with Crippen molar-refractivity contribution in [1.82, 2.24) is 0 Å². The predicted molar refractivity (Wildman–Crippen MR) is 92.3 cm³/mol. The Morgan fingerprint density at radius 2 is 2.14 bits per heavy atom. The van der Waals surface area contributed by atoms with Crippen LogP contribution in [-0.4, -0.2) is 12.1 Å². The summed E-state index contributed by atoms with van der Waals surface area (Å²) >= 11 is 3.55. The molecule has 4 unspecified atom stereocenters. The molecule has 0 spiro atoms. The SMILES string of the molecule is CCC1CCCC(OC(c2cccc(Br)c2)C(N)CC)C1. The van der Waals surface area contributed by atoms with Crippen molar-refractivity contribution in [3.05, 3.63) is 34.3 Å². The van der Waals surface area contributed by atoms with Crippen molar-refractivity contribution < 1.29 is 4.74 Å². The molecule has 0 bridgehead atoms. The molecule has 2 rings (SSSR count). The van der Waals surface area contributed by atoms with Crippen LogP contribution in [0.3, 0.4) is 0 Å². The molecule has 1 aromatic rings. The number of hydrogen-bond acceptors (Lipinski definition) is 2. The zero-order valence-electron chi connectivity index (χ0n) is 13.2. The Morgan fingerprint density at radius 3 is 2.81 bits per heavy atom. The van der Waals surface area contributed by atoms with Gasteiger partial charge in [0, 0.05) is 10.5 Å². The van der Waals surface area contributed by atoms with Crippen molar-refractivity contribution in [1.29, 1.82) is 0 Å². The van der Waals surface area contributed by atoms with Crippen LogP contribution >= 0.6 is 15.9 Å². The number of benzene rings is 1. The summed E-state index contributed by atoms with van der Waals surface area (Å²) in [6.45, 7) is 4.42. The Morgan fingerprint density at radius 1 is 1.33 bits per heavy atom. The molecule has 2 N–H and O–H groups in total. The number of hydrogen-bond donors (Lipinski definition) is 1. The summed E-state index contributed by atoms with van der Waals surface area (Å²) in [5, 5.41) is 0. The fraction of sp³-hybridized carbons (Fsp3) is 0.667. The molecule has 2 nitrogen and oxygen atoms in total. The number of rotatable bonds is 6. The van der Waals surface area contributed by atoms with E-state index in [4.69, 9.17) is 10.5 Å². The smallest absolute Gasteiger partial charge is 0.0979 e. The highest BCUT2D eigenvalue weighted by molar-refractivity contribution is 9.10. The van der Waals surface area contributed by atoms with Gasteiger partial charge in [0.05, 0.1) is 12.2 Å². The first-order chi connectivity index (χ1) is 10.1. The summed E-state index contributed by atoms with van der Waals surface area (Å²) in [6.07, 6.45) is 7.59. The molecule has 0 aromatic heterocycles. The van der Waals surface area contributed by atoms with E-state index in [-0.39, 0.29) is 12.1 Å². The van der Waals surface area contributed by atoms with Gasteiger partial charge in [-0.1, -0.05) is 61.2 Å². The summed E-state index contributed by atoms with van der Waals surface area (Å²) in [7, 11) is 0. The topological polar surface area (TPSA) is 35.2 Å². The number of nitrogens with two attached hydrogens (primary N) is 1. The number of ether oxygens (including phenoxy) is 1. The van der Waals surface area contributed by atoms with E-state index in [0.29, 0.717) is 6.10 Å². The van der Waals surface area contributed by atoms with E-state index in [2.05, 4.69) is 48.0 Å². The second-order valence-corrected chi connectivity index (χ2v) is 7.16. The first-order valence-corrected chi connectivity index (χ1v) is 9.09. The number of halogens is 1. The summed E-state index contributed by atoms with van der Waals surface area (Å²) in [5.41, 5.74) is 7.54. The van der Waals surface area contributed by atoms with Gasteiger partial charge in [0.1, 0.15) is 0 Å². The van der Waals surface area contributed by atoms with Crippen molar-refractivity contribution in [2.45, 2.75) is 70.6 Å². The molecule has 0 saturated heterocycles. The second kappa shape index (κ2) is 8.30.